The van der Waals surface area contributed by atoms with Crippen molar-refractivity contribution in [2.24, 2.45) is 23.7 Å². The first-order valence-electron chi connectivity index (χ1n) is 10.00. The Bertz CT molecular complexity index is 597. The lowest BCUT2D eigenvalue weighted by molar-refractivity contribution is -0.00717. The first-order valence-corrected chi connectivity index (χ1v) is 10.00. The van der Waals surface area contributed by atoms with Crippen molar-refractivity contribution in [3.05, 3.63) is 11.8 Å². The molecule has 2 N–H and O–H groups in total. The van der Waals surface area contributed by atoms with E-state index in [1.165, 1.54) is 57.1 Å². The lowest BCUT2D eigenvalue weighted by atomic mass is 9.49. The van der Waals surface area contributed by atoms with E-state index in [4.69, 9.17) is 10.7 Å². The number of hydrogen-bond acceptors (Lipinski definition) is 4. The third-order valence-corrected chi connectivity index (χ3v) is 7.42. The summed E-state index contributed by atoms with van der Waals surface area (Å²) in [6, 6.07) is 2.31. The van der Waals surface area contributed by atoms with Crippen molar-refractivity contribution in [1.29, 1.82) is 0 Å². The van der Waals surface area contributed by atoms with Gasteiger partial charge in [0.15, 0.2) is 0 Å². The Kier molecular flexibility index (Phi) is 3.33. The predicted molar refractivity (Wildman–Crippen MR) is 96.9 cm³/mol. The third-order valence-electron chi connectivity index (χ3n) is 7.42. The first kappa shape index (κ1) is 15.0. The van der Waals surface area contributed by atoms with Gasteiger partial charge >= 0.3 is 0 Å². The molecule has 1 saturated heterocycles. The van der Waals surface area contributed by atoms with E-state index in [9.17, 15) is 0 Å². The minimum Gasteiger partial charge on any atom is -0.368 e. The van der Waals surface area contributed by atoms with Crippen LogP contribution >= 0.6 is 0 Å². The molecule has 5 fully saturated rings. The highest BCUT2D eigenvalue weighted by molar-refractivity contribution is 5.46. The van der Waals surface area contributed by atoms with E-state index in [1.54, 1.807) is 0 Å². The summed E-state index contributed by atoms with van der Waals surface area (Å²) in [6.07, 6.45) is 10.9. The molecule has 4 nitrogen and oxygen atoms in total. The molecule has 5 aliphatic rings. The number of nitrogen functional groups attached to an aromatic ring is 1. The second-order valence-corrected chi connectivity index (χ2v) is 9.34. The highest BCUT2D eigenvalue weighted by Gasteiger charge is 2.52. The fourth-order valence-corrected chi connectivity index (χ4v) is 6.55. The van der Waals surface area contributed by atoms with E-state index in [0.717, 1.165) is 42.6 Å². The van der Waals surface area contributed by atoms with Crippen LogP contribution in [0.1, 0.15) is 64.0 Å². The quantitative estimate of drug-likeness (QED) is 0.899. The standard InChI is InChI=1S/C20H30N4/c1-13-2-4-24(5-3-13)18-9-17(22-19(21)23-18)20-10-14-6-15(11-20)8-16(7-14)12-20/h9,13-16H,2-8,10-12H2,1H3,(H2,21,22,23). The maximum Gasteiger partial charge on any atom is 0.222 e. The number of nitrogens with two attached hydrogens (primary N) is 1. The average Bonchev–Trinajstić information content (AvgIpc) is 2.54. The van der Waals surface area contributed by atoms with Gasteiger partial charge in [-0.05, 0) is 75.0 Å². The van der Waals surface area contributed by atoms with Crippen LogP contribution in [0.2, 0.25) is 0 Å². The summed E-state index contributed by atoms with van der Waals surface area (Å²) < 4.78 is 0. The van der Waals surface area contributed by atoms with Crippen molar-refractivity contribution in [2.45, 2.75) is 63.7 Å². The van der Waals surface area contributed by atoms with Gasteiger partial charge in [-0.2, -0.15) is 4.98 Å². The van der Waals surface area contributed by atoms with Gasteiger partial charge in [-0.3, -0.25) is 0 Å². The second kappa shape index (κ2) is 5.34. The molecule has 130 valence electrons. The van der Waals surface area contributed by atoms with Gasteiger partial charge in [0, 0.05) is 24.6 Å². The summed E-state index contributed by atoms with van der Waals surface area (Å²) in [5.41, 5.74) is 7.74. The predicted octanol–water partition coefficient (Wildman–Crippen LogP) is 3.76. The summed E-state index contributed by atoms with van der Waals surface area (Å²) in [4.78, 5) is 11.8. The number of rotatable bonds is 2. The molecule has 0 radical (unpaired) electrons. The van der Waals surface area contributed by atoms with Crippen molar-refractivity contribution >= 4 is 11.8 Å². The van der Waals surface area contributed by atoms with E-state index in [2.05, 4.69) is 22.9 Å². The van der Waals surface area contributed by atoms with Crippen molar-refractivity contribution in [3.63, 3.8) is 0 Å². The van der Waals surface area contributed by atoms with Gasteiger partial charge in [0.1, 0.15) is 5.82 Å². The fraction of sp³-hybridized carbons (Fsp3) is 0.800. The van der Waals surface area contributed by atoms with Crippen molar-refractivity contribution < 1.29 is 0 Å². The highest BCUT2D eigenvalue weighted by atomic mass is 15.2. The number of hydrogen-bond donors (Lipinski definition) is 1. The zero-order chi connectivity index (χ0) is 16.3. The molecule has 4 heteroatoms. The molecule has 0 unspecified atom stereocenters. The largest absolute Gasteiger partial charge is 0.368 e. The number of piperidine rings is 1. The SMILES string of the molecule is CC1CCN(c2cc(C34CC5CC(CC(C5)C3)C4)nc(N)n2)CC1. The van der Waals surface area contributed by atoms with Gasteiger partial charge in [0.05, 0.1) is 5.69 Å². The molecule has 4 saturated carbocycles. The number of anilines is 2. The molecular weight excluding hydrogens is 296 g/mol. The van der Waals surface area contributed by atoms with Crippen LogP contribution < -0.4 is 10.6 Å². The summed E-state index contributed by atoms with van der Waals surface area (Å²) in [5.74, 6) is 5.21. The lowest BCUT2D eigenvalue weighted by Crippen LogP contribution is -2.49. The van der Waals surface area contributed by atoms with Crippen LogP contribution in [0.5, 0.6) is 0 Å². The van der Waals surface area contributed by atoms with Gasteiger partial charge in [-0.15, -0.1) is 0 Å². The number of nitrogens with zero attached hydrogens (tertiary/aromatic N) is 3. The Morgan fingerprint density at radius 3 is 2.17 bits per heavy atom. The molecule has 4 bridgehead atoms. The van der Waals surface area contributed by atoms with Crippen LogP contribution in [-0.2, 0) is 5.41 Å². The van der Waals surface area contributed by atoms with Gasteiger partial charge in [0.2, 0.25) is 5.95 Å². The molecule has 0 aromatic carbocycles. The van der Waals surface area contributed by atoms with E-state index in [0.29, 0.717) is 11.4 Å². The Hall–Kier alpha value is -1.32. The molecule has 6 rings (SSSR count). The number of aromatic nitrogens is 2. The summed E-state index contributed by atoms with van der Waals surface area (Å²) in [7, 11) is 0. The van der Waals surface area contributed by atoms with E-state index in [1.807, 2.05) is 0 Å². The second-order valence-electron chi connectivity index (χ2n) is 9.34. The molecule has 2 heterocycles. The molecule has 4 aliphatic carbocycles. The van der Waals surface area contributed by atoms with Crippen molar-refractivity contribution in [1.82, 2.24) is 9.97 Å². The lowest BCUT2D eigenvalue weighted by Gasteiger charge is -2.56. The monoisotopic (exact) mass is 326 g/mol. The third kappa shape index (κ3) is 2.41. The average molecular weight is 326 g/mol. The van der Waals surface area contributed by atoms with Crippen LogP contribution in [0, 0.1) is 23.7 Å². The zero-order valence-corrected chi connectivity index (χ0v) is 14.9. The molecule has 1 aromatic heterocycles. The highest BCUT2D eigenvalue weighted by Crippen LogP contribution is 2.60. The van der Waals surface area contributed by atoms with E-state index in [-0.39, 0.29) is 0 Å². The molecule has 0 amide bonds. The Morgan fingerprint density at radius 2 is 1.58 bits per heavy atom. The molecule has 1 aliphatic heterocycles. The van der Waals surface area contributed by atoms with Crippen LogP contribution in [-0.4, -0.2) is 23.1 Å². The first-order chi connectivity index (χ1) is 11.6. The van der Waals surface area contributed by atoms with Gasteiger partial charge in [-0.1, -0.05) is 6.92 Å². The van der Waals surface area contributed by atoms with E-state index < -0.39 is 0 Å². The normalized spacial score (nSPS) is 38.7. The summed E-state index contributed by atoms with van der Waals surface area (Å²) in [5, 5.41) is 0. The molecular formula is C20H30N4. The van der Waals surface area contributed by atoms with Crippen LogP contribution in [0.25, 0.3) is 0 Å². The molecule has 1 aromatic rings. The van der Waals surface area contributed by atoms with Gasteiger partial charge < -0.3 is 10.6 Å². The van der Waals surface area contributed by atoms with Crippen LogP contribution in [0.15, 0.2) is 6.07 Å². The molecule has 0 spiro atoms. The zero-order valence-electron chi connectivity index (χ0n) is 14.9. The van der Waals surface area contributed by atoms with Gasteiger partial charge in [-0.25, -0.2) is 4.98 Å². The van der Waals surface area contributed by atoms with Crippen LogP contribution in [0.3, 0.4) is 0 Å². The smallest absolute Gasteiger partial charge is 0.222 e. The maximum absolute atomic E-state index is 6.16. The Labute approximate surface area is 145 Å². The Morgan fingerprint density at radius 1 is 1.00 bits per heavy atom. The van der Waals surface area contributed by atoms with Crippen molar-refractivity contribution in [2.75, 3.05) is 23.7 Å². The molecule has 0 atom stereocenters. The van der Waals surface area contributed by atoms with Crippen molar-refractivity contribution in [3.8, 4) is 0 Å². The molecule has 24 heavy (non-hydrogen) atoms. The maximum atomic E-state index is 6.16. The van der Waals surface area contributed by atoms with E-state index >= 15 is 0 Å². The minimum atomic E-state index is 0.309. The topological polar surface area (TPSA) is 55.0 Å². The van der Waals surface area contributed by atoms with Crippen LogP contribution in [0.4, 0.5) is 11.8 Å². The summed E-state index contributed by atoms with van der Waals surface area (Å²) >= 11 is 0. The minimum absolute atomic E-state index is 0.309. The Balaban J connectivity index is 1.48. The fourth-order valence-electron chi connectivity index (χ4n) is 6.55. The summed E-state index contributed by atoms with van der Waals surface area (Å²) in [6.45, 7) is 4.57. The van der Waals surface area contributed by atoms with Gasteiger partial charge in [0.25, 0.3) is 0 Å².